The third-order valence-corrected chi connectivity index (χ3v) is 4.22. The predicted molar refractivity (Wildman–Crippen MR) is 76.7 cm³/mol. The van der Waals surface area contributed by atoms with Crippen LogP contribution in [-0.2, 0) is 29.0 Å². The summed E-state index contributed by atoms with van der Waals surface area (Å²) >= 11 is 0. The molecule has 1 saturated heterocycles. The Morgan fingerprint density at radius 3 is 3.05 bits per heavy atom. The van der Waals surface area contributed by atoms with E-state index in [1.165, 1.54) is 0 Å². The molecule has 0 aliphatic carbocycles. The van der Waals surface area contributed by atoms with Crippen LogP contribution >= 0.6 is 0 Å². The van der Waals surface area contributed by atoms with Crippen LogP contribution in [-0.4, -0.2) is 58.4 Å². The lowest BCUT2D eigenvalue weighted by Gasteiger charge is -2.24. The fourth-order valence-corrected chi connectivity index (χ4v) is 2.89. The van der Waals surface area contributed by atoms with Crippen LogP contribution in [0.4, 0.5) is 0 Å². The number of likely N-dealkylation sites (N-methyl/N-ethyl adjacent to an activating group) is 1. The van der Waals surface area contributed by atoms with Crippen LogP contribution in [0.5, 0.6) is 0 Å². The topological polar surface area (TPSA) is 72.3 Å². The number of nitrogens with one attached hydrogen (secondary N) is 1. The molecule has 1 N–H and O–H groups in total. The lowest BCUT2D eigenvalue weighted by molar-refractivity contribution is -0.138. The molecule has 2 aliphatic heterocycles. The Balaban J connectivity index is 1.47. The molecule has 0 aromatic carbocycles. The molecule has 2 aliphatic rings. The lowest BCUT2D eigenvalue weighted by Crippen LogP contribution is -2.36. The van der Waals surface area contributed by atoms with Crippen molar-refractivity contribution in [3.63, 3.8) is 0 Å². The molecule has 1 amide bonds. The summed E-state index contributed by atoms with van der Waals surface area (Å²) in [6.45, 7) is 3.57. The Bertz CT molecular complexity index is 496. The van der Waals surface area contributed by atoms with Crippen molar-refractivity contribution in [1.29, 1.82) is 0 Å². The fraction of sp³-hybridized carbons (Fsp3) is 0.786. The minimum absolute atomic E-state index is 0.00359. The first kappa shape index (κ1) is 14.5. The number of piperidine rings is 1. The van der Waals surface area contributed by atoms with Crippen LogP contribution in [0.25, 0.3) is 0 Å². The zero-order valence-corrected chi connectivity index (χ0v) is 12.5. The maximum absolute atomic E-state index is 12.1. The van der Waals surface area contributed by atoms with E-state index < -0.39 is 0 Å². The largest absolute Gasteiger partial charge is 0.368 e. The second kappa shape index (κ2) is 6.53. The van der Waals surface area contributed by atoms with E-state index in [1.807, 2.05) is 0 Å². The average molecular weight is 293 g/mol. The van der Waals surface area contributed by atoms with Gasteiger partial charge in [-0.25, -0.2) is 0 Å². The van der Waals surface area contributed by atoms with Crippen molar-refractivity contribution in [3.05, 3.63) is 11.6 Å². The van der Waals surface area contributed by atoms with Gasteiger partial charge < -0.3 is 19.5 Å². The maximum Gasteiger partial charge on any atom is 0.248 e. The summed E-state index contributed by atoms with van der Waals surface area (Å²) in [4.78, 5) is 13.8. The molecule has 0 spiro atoms. The highest BCUT2D eigenvalue weighted by Crippen LogP contribution is 2.15. The summed E-state index contributed by atoms with van der Waals surface area (Å²) in [5, 5.41) is 11.6. The number of rotatable bonds is 5. The number of aromatic nitrogens is 3. The van der Waals surface area contributed by atoms with Gasteiger partial charge in [0.1, 0.15) is 12.4 Å². The van der Waals surface area contributed by atoms with Crippen LogP contribution in [0.1, 0.15) is 30.9 Å². The van der Waals surface area contributed by atoms with Crippen molar-refractivity contribution < 1.29 is 9.53 Å². The molecule has 116 valence electrons. The van der Waals surface area contributed by atoms with E-state index in [-0.39, 0.29) is 18.6 Å². The summed E-state index contributed by atoms with van der Waals surface area (Å²) in [5.41, 5.74) is 0. The molecule has 0 radical (unpaired) electrons. The lowest BCUT2D eigenvalue weighted by atomic mass is 10.1. The van der Waals surface area contributed by atoms with Gasteiger partial charge in [0.25, 0.3) is 0 Å². The highest BCUT2D eigenvalue weighted by Gasteiger charge is 2.21. The number of amides is 1. The van der Waals surface area contributed by atoms with Crippen molar-refractivity contribution in [1.82, 2.24) is 25.0 Å². The smallest absolute Gasteiger partial charge is 0.248 e. The average Bonchev–Trinajstić information content (AvgIpc) is 3.11. The molecular formula is C14H23N5O2. The number of ether oxygens (including phenoxy) is 1. The monoisotopic (exact) mass is 293 g/mol. The van der Waals surface area contributed by atoms with Crippen LogP contribution in [0.15, 0.2) is 0 Å². The number of hydrogen-bond acceptors (Lipinski definition) is 5. The molecule has 0 unspecified atom stereocenters. The first-order chi connectivity index (χ1) is 10.2. The number of carbonyl (C=O) groups is 1. The van der Waals surface area contributed by atoms with Gasteiger partial charge in [-0.05, 0) is 32.4 Å². The molecule has 0 saturated carbocycles. The van der Waals surface area contributed by atoms with Gasteiger partial charge in [-0.1, -0.05) is 0 Å². The molecule has 1 aromatic heterocycles. The van der Waals surface area contributed by atoms with Crippen LogP contribution in [0, 0.1) is 0 Å². The van der Waals surface area contributed by atoms with Crippen LogP contribution in [0.3, 0.4) is 0 Å². The van der Waals surface area contributed by atoms with E-state index in [1.54, 1.807) is 11.9 Å². The minimum Gasteiger partial charge on any atom is -0.368 e. The molecule has 7 nitrogen and oxygen atoms in total. The van der Waals surface area contributed by atoms with Crippen molar-refractivity contribution in [2.45, 2.75) is 44.9 Å². The molecule has 7 heteroatoms. The van der Waals surface area contributed by atoms with Crippen molar-refractivity contribution in [2.24, 2.45) is 0 Å². The van der Waals surface area contributed by atoms with Crippen LogP contribution in [0.2, 0.25) is 0 Å². The summed E-state index contributed by atoms with van der Waals surface area (Å²) in [7, 11) is 1.80. The van der Waals surface area contributed by atoms with Gasteiger partial charge in [0.15, 0.2) is 5.82 Å². The van der Waals surface area contributed by atoms with Gasteiger partial charge in [0, 0.05) is 20.0 Å². The second-order valence-electron chi connectivity index (χ2n) is 5.80. The molecule has 3 heterocycles. The van der Waals surface area contributed by atoms with Gasteiger partial charge in [-0.2, -0.15) is 0 Å². The summed E-state index contributed by atoms with van der Waals surface area (Å²) in [6.07, 6.45) is 4.28. The van der Waals surface area contributed by atoms with E-state index in [9.17, 15) is 4.79 Å². The molecule has 21 heavy (non-hydrogen) atoms. The minimum atomic E-state index is 0.00359. The molecule has 1 aromatic rings. The fourth-order valence-electron chi connectivity index (χ4n) is 2.89. The normalized spacial score (nSPS) is 18.7. The highest BCUT2D eigenvalue weighted by molar-refractivity contribution is 5.77. The third-order valence-electron chi connectivity index (χ3n) is 4.22. The molecule has 3 rings (SSSR count). The Labute approximate surface area is 124 Å². The number of aryl methyl sites for hydroxylation is 1. The van der Waals surface area contributed by atoms with Gasteiger partial charge in [-0.3, -0.25) is 4.79 Å². The first-order valence-electron chi connectivity index (χ1n) is 7.71. The quantitative estimate of drug-likeness (QED) is 0.824. The number of hydrogen-bond donors (Lipinski definition) is 1. The second-order valence-corrected chi connectivity index (χ2v) is 5.80. The molecule has 0 bridgehead atoms. The highest BCUT2D eigenvalue weighted by atomic mass is 16.5. The van der Waals surface area contributed by atoms with Crippen molar-refractivity contribution in [3.8, 4) is 0 Å². The van der Waals surface area contributed by atoms with Crippen molar-refractivity contribution in [2.75, 3.05) is 26.7 Å². The zero-order chi connectivity index (χ0) is 14.7. The zero-order valence-electron chi connectivity index (χ0n) is 12.5. The molecular weight excluding hydrogens is 270 g/mol. The summed E-state index contributed by atoms with van der Waals surface area (Å²) < 4.78 is 7.83. The van der Waals surface area contributed by atoms with Gasteiger partial charge >= 0.3 is 0 Å². The predicted octanol–water partition coefficient (Wildman–Crippen LogP) is -0.0487. The van der Waals surface area contributed by atoms with E-state index in [0.717, 1.165) is 57.0 Å². The van der Waals surface area contributed by atoms with E-state index in [2.05, 4.69) is 20.1 Å². The Kier molecular flexibility index (Phi) is 4.50. The third kappa shape index (κ3) is 3.41. The Morgan fingerprint density at radius 1 is 1.43 bits per heavy atom. The SMILES string of the molecule is CN(Cc1nnc2n1CCC2)C(=O)COC1CCNCC1. The summed E-state index contributed by atoms with van der Waals surface area (Å²) in [5.74, 6) is 1.92. The first-order valence-corrected chi connectivity index (χ1v) is 7.71. The maximum atomic E-state index is 12.1. The van der Waals surface area contributed by atoms with Gasteiger partial charge in [0.05, 0.1) is 12.6 Å². The Morgan fingerprint density at radius 2 is 2.24 bits per heavy atom. The van der Waals surface area contributed by atoms with E-state index >= 15 is 0 Å². The Hall–Kier alpha value is -1.47. The van der Waals surface area contributed by atoms with Crippen LogP contribution < -0.4 is 5.32 Å². The van der Waals surface area contributed by atoms with Crippen molar-refractivity contribution >= 4 is 5.91 Å². The molecule has 0 atom stereocenters. The summed E-state index contributed by atoms with van der Waals surface area (Å²) in [6, 6.07) is 0. The van der Waals surface area contributed by atoms with Gasteiger partial charge in [-0.15, -0.1) is 10.2 Å². The van der Waals surface area contributed by atoms with E-state index in [4.69, 9.17) is 4.74 Å². The standard InChI is InChI=1S/C14H23N5O2/c1-18(9-13-17-16-12-3-2-8-19(12)13)14(20)10-21-11-4-6-15-7-5-11/h11,15H,2-10H2,1H3. The number of fused-ring (bicyclic) bond motifs is 1. The number of nitrogens with zero attached hydrogens (tertiary/aromatic N) is 4. The number of carbonyl (C=O) groups excluding carboxylic acids is 1. The molecule has 1 fully saturated rings. The van der Waals surface area contributed by atoms with Gasteiger partial charge in [0.2, 0.25) is 5.91 Å². The van der Waals surface area contributed by atoms with E-state index in [0.29, 0.717) is 6.54 Å².